The molecule has 0 unspecified atom stereocenters. The molecule has 0 aromatic carbocycles. The van der Waals surface area contributed by atoms with E-state index in [4.69, 9.17) is 10.3 Å². The van der Waals surface area contributed by atoms with Gasteiger partial charge in [-0.2, -0.15) is 0 Å². The monoisotopic (exact) mass is 174 g/mol. The molecule has 0 aliphatic heterocycles. The largest absolute Gasteiger partial charge is 0.530 e. The van der Waals surface area contributed by atoms with Crippen LogP contribution in [0.15, 0.2) is 5.11 Å². The lowest BCUT2D eigenvalue weighted by Crippen LogP contribution is -2.38. The minimum absolute atomic E-state index is 0.195. The number of ether oxygens (including phenoxy) is 1. The smallest absolute Gasteiger partial charge is 0.214 e. The number of hydrogen-bond donors (Lipinski definition) is 2. The summed E-state index contributed by atoms with van der Waals surface area (Å²) < 4.78 is 4.90. The molecule has 12 heavy (non-hydrogen) atoms. The molecular formula is C5H10N4O3. The topological polar surface area (TPSA) is 112 Å². The van der Waals surface area contributed by atoms with Crippen molar-refractivity contribution in [2.45, 2.75) is 0 Å². The third-order valence-corrected chi connectivity index (χ3v) is 0.922. The Bertz CT molecular complexity index is 172. The van der Waals surface area contributed by atoms with Gasteiger partial charge in [-0.1, -0.05) is 0 Å². The van der Waals surface area contributed by atoms with E-state index >= 15 is 0 Å². The molecule has 68 valence electrons. The Morgan fingerprint density at radius 1 is 1.67 bits per heavy atom. The van der Waals surface area contributed by atoms with E-state index in [1.807, 2.05) is 5.32 Å². The summed E-state index contributed by atoms with van der Waals surface area (Å²) in [5.41, 5.74) is 6.28. The molecular weight excluding hydrogens is 164 g/mol. The molecule has 0 aromatic rings. The Morgan fingerprint density at radius 3 is 3.00 bits per heavy atom. The Hall–Kier alpha value is -1.46. The lowest BCUT2D eigenvalue weighted by Gasteiger charge is -2.05. The van der Waals surface area contributed by atoms with Crippen LogP contribution in [-0.4, -0.2) is 32.4 Å². The zero-order valence-electron chi connectivity index (χ0n) is 6.45. The first-order valence-electron chi connectivity index (χ1n) is 3.33. The maximum absolute atomic E-state index is 9.80. The molecule has 0 heterocycles. The summed E-state index contributed by atoms with van der Waals surface area (Å²) >= 11 is 0. The second kappa shape index (κ2) is 7.64. The highest BCUT2D eigenvalue weighted by Crippen LogP contribution is 1.73. The molecule has 0 bridgehead atoms. The van der Waals surface area contributed by atoms with Gasteiger partial charge in [0.05, 0.1) is 13.2 Å². The minimum atomic E-state index is -1.32. The molecule has 7 heteroatoms. The van der Waals surface area contributed by atoms with Crippen LogP contribution < -0.4 is 15.3 Å². The summed E-state index contributed by atoms with van der Waals surface area (Å²) in [5, 5.41) is 15.1. The number of amides is 1. The molecule has 0 aliphatic rings. The average Bonchev–Trinajstić information content (AvgIpc) is 2.02. The van der Waals surface area contributed by atoms with Crippen LogP contribution in [0.4, 0.5) is 4.79 Å². The third kappa shape index (κ3) is 8.54. The van der Waals surface area contributed by atoms with Crippen molar-refractivity contribution in [2.75, 3.05) is 26.3 Å². The van der Waals surface area contributed by atoms with Gasteiger partial charge in [0.15, 0.2) is 0 Å². The number of carbonyl (C=O) groups is 1. The van der Waals surface area contributed by atoms with Gasteiger partial charge in [-0.05, 0) is 0 Å². The Balaban J connectivity index is 3.00. The summed E-state index contributed by atoms with van der Waals surface area (Å²) in [6.45, 7) is 1.10. The van der Waals surface area contributed by atoms with E-state index in [0.717, 1.165) is 0 Å². The van der Waals surface area contributed by atoms with Crippen LogP contribution in [0.2, 0.25) is 0 Å². The number of hydrogen-bond acceptors (Lipinski definition) is 5. The first kappa shape index (κ1) is 10.5. The van der Waals surface area contributed by atoms with Crippen molar-refractivity contribution in [2.24, 2.45) is 5.11 Å². The number of rotatable bonds is 6. The van der Waals surface area contributed by atoms with E-state index in [-0.39, 0.29) is 13.2 Å². The van der Waals surface area contributed by atoms with Crippen molar-refractivity contribution in [3.05, 3.63) is 0 Å². The third-order valence-electron chi connectivity index (χ3n) is 0.922. The van der Waals surface area contributed by atoms with E-state index in [0.29, 0.717) is 13.2 Å². The van der Waals surface area contributed by atoms with Crippen LogP contribution in [0.1, 0.15) is 0 Å². The summed E-state index contributed by atoms with van der Waals surface area (Å²) in [6, 6.07) is 0. The van der Waals surface area contributed by atoms with Gasteiger partial charge in [0, 0.05) is 6.54 Å². The van der Waals surface area contributed by atoms with Crippen LogP contribution in [0, 0.1) is 5.53 Å². The highest BCUT2D eigenvalue weighted by atomic mass is 16.5. The van der Waals surface area contributed by atoms with Gasteiger partial charge in [0.1, 0.15) is 23.3 Å². The maximum Gasteiger partial charge on any atom is 0.214 e. The quantitative estimate of drug-likeness (QED) is 0.290. The number of nitrogens with zero attached hydrogens (tertiary/aromatic N) is 2. The lowest BCUT2D eigenvalue weighted by atomic mass is 10.6. The van der Waals surface area contributed by atoms with Crippen molar-refractivity contribution < 1.29 is 14.6 Å². The first-order chi connectivity index (χ1) is 5.77. The van der Waals surface area contributed by atoms with Crippen LogP contribution >= 0.6 is 0 Å². The summed E-state index contributed by atoms with van der Waals surface area (Å²) in [5.74, 6) is 0. The standard InChI is InChI=1S/C5H10N4O3/c6-9-8-2-4-12-3-1-7-5(10)11/h6-7H,1-4H2. The average molecular weight is 174 g/mol. The highest BCUT2D eigenvalue weighted by Gasteiger charge is 1.89. The van der Waals surface area contributed by atoms with Gasteiger partial charge < -0.3 is 20.0 Å². The van der Waals surface area contributed by atoms with Gasteiger partial charge in [-0.3, -0.25) is 0 Å². The van der Waals surface area contributed by atoms with Crippen LogP contribution in [0.25, 0.3) is 0 Å². The van der Waals surface area contributed by atoms with Crippen molar-refractivity contribution in [1.29, 1.82) is 5.53 Å². The lowest BCUT2D eigenvalue weighted by molar-refractivity contribution is -0.250. The number of nitrogens with one attached hydrogen (secondary N) is 2. The maximum atomic E-state index is 9.80. The van der Waals surface area contributed by atoms with Gasteiger partial charge in [-0.25, -0.2) is 0 Å². The van der Waals surface area contributed by atoms with E-state index < -0.39 is 6.09 Å². The fourth-order valence-corrected chi connectivity index (χ4v) is 0.483. The normalized spacial score (nSPS) is 8.67. The van der Waals surface area contributed by atoms with Gasteiger partial charge in [0.2, 0.25) is 4.91 Å². The molecule has 0 saturated carbocycles. The molecule has 0 fully saturated rings. The highest BCUT2D eigenvalue weighted by molar-refractivity contribution is 5.61. The Labute approximate surface area is 69.0 Å². The molecule has 0 radical (unpaired) electrons. The second-order valence-electron chi connectivity index (χ2n) is 1.79. The second-order valence-corrected chi connectivity index (χ2v) is 1.79. The number of carbonyl (C=O) groups excluding carboxylic acids is 1. The molecule has 0 aliphatic carbocycles. The molecule has 1 amide bonds. The van der Waals surface area contributed by atoms with E-state index in [9.17, 15) is 9.90 Å². The van der Waals surface area contributed by atoms with Gasteiger partial charge >= 0.3 is 0 Å². The molecule has 0 spiro atoms. The van der Waals surface area contributed by atoms with E-state index in [1.54, 1.807) is 0 Å². The van der Waals surface area contributed by atoms with Crippen LogP contribution in [-0.2, 0) is 4.74 Å². The zero-order valence-corrected chi connectivity index (χ0v) is 6.45. The van der Waals surface area contributed by atoms with Crippen molar-refractivity contribution in [3.8, 4) is 0 Å². The molecule has 2 N–H and O–H groups in total. The SMILES string of the molecule is N=[N+]=NCCOCCNC(=O)[O-]. The van der Waals surface area contributed by atoms with Crippen molar-refractivity contribution in [3.63, 3.8) is 0 Å². The van der Waals surface area contributed by atoms with Crippen molar-refractivity contribution >= 4 is 6.09 Å². The molecule has 7 nitrogen and oxygen atoms in total. The number of carboxylic acid groups (broad SMARTS) is 1. The molecule has 0 aromatic heterocycles. The van der Waals surface area contributed by atoms with Gasteiger partial charge in [0.25, 0.3) is 0 Å². The predicted molar refractivity (Wildman–Crippen MR) is 36.4 cm³/mol. The van der Waals surface area contributed by atoms with E-state index in [1.165, 1.54) is 0 Å². The Morgan fingerprint density at radius 2 is 2.42 bits per heavy atom. The zero-order chi connectivity index (χ0) is 9.23. The Kier molecular flexibility index (Phi) is 6.71. The van der Waals surface area contributed by atoms with Gasteiger partial charge in [-0.15, -0.1) is 0 Å². The van der Waals surface area contributed by atoms with Crippen molar-refractivity contribution in [1.82, 2.24) is 10.2 Å². The van der Waals surface area contributed by atoms with Crippen LogP contribution in [0.3, 0.4) is 0 Å². The molecule has 0 saturated heterocycles. The predicted octanol–water partition coefficient (Wildman–Crippen LogP) is -1.51. The molecule has 0 rings (SSSR count). The summed E-state index contributed by atoms with van der Waals surface area (Å²) in [6.07, 6.45) is -1.32. The fraction of sp³-hybridized carbons (Fsp3) is 0.800. The summed E-state index contributed by atoms with van der Waals surface area (Å²) in [4.78, 5) is 12.6. The summed E-state index contributed by atoms with van der Waals surface area (Å²) in [7, 11) is 0. The first-order valence-corrected chi connectivity index (χ1v) is 3.33. The minimum Gasteiger partial charge on any atom is -0.530 e. The van der Waals surface area contributed by atoms with E-state index in [2.05, 4.69) is 10.0 Å². The fourth-order valence-electron chi connectivity index (χ4n) is 0.483. The van der Waals surface area contributed by atoms with Crippen LogP contribution in [0.5, 0.6) is 0 Å². The molecule has 0 atom stereocenters.